The van der Waals surface area contributed by atoms with Crippen LogP contribution in [0.25, 0.3) is 10.9 Å². The number of hydrogen-bond acceptors (Lipinski definition) is 8. The van der Waals surface area contributed by atoms with E-state index in [4.69, 9.17) is 11.5 Å². The molecule has 3 rings (SSSR count). The van der Waals surface area contributed by atoms with E-state index in [-0.39, 0.29) is 30.8 Å². The maximum atomic E-state index is 13.5. The number of aromatic amines is 1. The van der Waals surface area contributed by atoms with Crippen LogP contribution in [0.4, 0.5) is 0 Å². The van der Waals surface area contributed by atoms with Gasteiger partial charge in [-0.05, 0) is 61.6 Å². The number of carboxylic acids is 1. The molecule has 2 aromatic carbocycles. The Hall–Kier alpha value is -4.07. The molecule has 4 atom stereocenters. The van der Waals surface area contributed by atoms with Crippen LogP contribution < -0.4 is 27.4 Å². The van der Waals surface area contributed by atoms with Crippen molar-refractivity contribution in [2.45, 2.75) is 56.3 Å². The number of nitrogens with two attached hydrogens (primary N) is 2. The number of benzene rings is 2. The van der Waals surface area contributed by atoms with E-state index in [1.807, 2.05) is 24.3 Å². The first-order valence-corrected chi connectivity index (χ1v) is 14.3. The molecule has 0 spiro atoms. The summed E-state index contributed by atoms with van der Waals surface area (Å²) in [6.45, 7) is 0.397. The molecule has 0 aliphatic rings. The monoisotopic (exact) mass is 598 g/mol. The van der Waals surface area contributed by atoms with Crippen molar-refractivity contribution in [3.63, 3.8) is 0 Å². The lowest BCUT2D eigenvalue weighted by atomic mass is 10.0. The molecule has 0 saturated carbocycles. The Morgan fingerprint density at radius 3 is 2.17 bits per heavy atom. The van der Waals surface area contributed by atoms with Crippen molar-refractivity contribution >= 4 is 47.2 Å². The number of aromatic hydroxyl groups is 1. The highest BCUT2D eigenvalue weighted by Crippen LogP contribution is 2.19. The van der Waals surface area contributed by atoms with E-state index in [2.05, 4.69) is 33.6 Å². The van der Waals surface area contributed by atoms with Crippen LogP contribution in [0.1, 0.15) is 30.4 Å². The van der Waals surface area contributed by atoms with Gasteiger partial charge in [0, 0.05) is 29.3 Å². The molecule has 0 aliphatic carbocycles. The van der Waals surface area contributed by atoms with E-state index in [0.29, 0.717) is 19.4 Å². The predicted octanol–water partition coefficient (Wildman–Crippen LogP) is 0.584. The molecule has 1 heterocycles. The van der Waals surface area contributed by atoms with Gasteiger partial charge in [-0.25, -0.2) is 4.79 Å². The van der Waals surface area contributed by atoms with Gasteiger partial charge in [-0.1, -0.05) is 30.3 Å². The number of carbonyl (C=O) groups is 4. The zero-order valence-electron chi connectivity index (χ0n) is 23.1. The van der Waals surface area contributed by atoms with Crippen molar-refractivity contribution in [3.8, 4) is 5.75 Å². The van der Waals surface area contributed by atoms with Gasteiger partial charge in [0.2, 0.25) is 17.7 Å². The van der Waals surface area contributed by atoms with Crippen molar-refractivity contribution in [3.05, 3.63) is 65.9 Å². The van der Waals surface area contributed by atoms with Crippen molar-refractivity contribution < 1.29 is 29.4 Å². The quantitative estimate of drug-likeness (QED) is 0.0838. The Labute approximate surface area is 249 Å². The van der Waals surface area contributed by atoms with Crippen LogP contribution in [0.15, 0.2) is 54.7 Å². The number of nitrogens with one attached hydrogen (secondary N) is 4. The van der Waals surface area contributed by atoms with Crippen molar-refractivity contribution in [2.24, 2.45) is 11.5 Å². The molecule has 4 unspecified atom stereocenters. The number of rotatable bonds is 16. The van der Waals surface area contributed by atoms with Crippen LogP contribution in [-0.4, -0.2) is 75.4 Å². The van der Waals surface area contributed by atoms with Gasteiger partial charge in [0.05, 0.1) is 6.04 Å². The highest BCUT2D eigenvalue weighted by atomic mass is 32.1. The number of fused-ring (bicyclic) bond motifs is 1. The molecule has 42 heavy (non-hydrogen) atoms. The molecule has 10 N–H and O–H groups in total. The Balaban J connectivity index is 1.79. The van der Waals surface area contributed by atoms with Crippen LogP contribution in [0.3, 0.4) is 0 Å². The fourth-order valence-electron chi connectivity index (χ4n) is 4.48. The second-order valence-corrected chi connectivity index (χ2v) is 10.4. The van der Waals surface area contributed by atoms with Crippen LogP contribution in [0.5, 0.6) is 5.75 Å². The molecule has 3 amide bonds. The van der Waals surface area contributed by atoms with Gasteiger partial charge < -0.3 is 42.6 Å². The summed E-state index contributed by atoms with van der Waals surface area (Å²) in [7, 11) is 0. The van der Waals surface area contributed by atoms with Crippen LogP contribution in [0.2, 0.25) is 0 Å². The van der Waals surface area contributed by atoms with Crippen LogP contribution >= 0.6 is 12.6 Å². The molecule has 0 saturated heterocycles. The number of hydrogen-bond donors (Lipinski definition) is 9. The number of aromatic nitrogens is 1. The second-order valence-electron chi connectivity index (χ2n) is 10.0. The predicted molar refractivity (Wildman–Crippen MR) is 162 cm³/mol. The molecular formula is C29H38N6O6S. The van der Waals surface area contributed by atoms with E-state index in [0.717, 1.165) is 22.0 Å². The van der Waals surface area contributed by atoms with Crippen molar-refractivity contribution in [1.29, 1.82) is 0 Å². The van der Waals surface area contributed by atoms with Gasteiger partial charge in [0.1, 0.15) is 23.9 Å². The highest BCUT2D eigenvalue weighted by molar-refractivity contribution is 7.80. The minimum Gasteiger partial charge on any atom is -0.508 e. The first-order valence-electron chi connectivity index (χ1n) is 13.7. The lowest BCUT2D eigenvalue weighted by molar-refractivity contribution is -0.141. The Morgan fingerprint density at radius 1 is 0.857 bits per heavy atom. The molecule has 0 bridgehead atoms. The summed E-state index contributed by atoms with van der Waals surface area (Å²) in [6.07, 6.45) is 3.35. The number of carboxylic acid groups (broad SMARTS) is 1. The van der Waals surface area contributed by atoms with Gasteiger partial charge in [-0.15, -0.1) is 0 Å². The Morgan fingerprint density at radius 2 is 1.50 bits per heavy atom. The number of phenols is 1. The summed E-state index contributed by atoms with van der Waals surface area (Å²) in [5.74, 6) is -3.20. The summed E-state index contributed by atoms with van der Waals surface area (Å²) in [4.78, 5) is 54.5. The summed E-state index contributed by atoms with van der Waals surface area (Å²) in [5.41, 5.74) is 14.1. The fraction of sp³-hybridized carbons (Fsp3) is 0.379. The molecular weight excluding hydrogens is 560 g/mol. The number of H-pyrrole nitrogens is 1. The average molecular weight is 599 g/mol. The maximum absolute atomic E-state index is 13.5. The topological polar surface area (TPSA) is 213 Å². The maximum Gasteiger partial charge on any atom is 0.327 e. The highest BCUT2D eigenvalue weighted by Gasteiger charge is 2.30. The summed E-state index contributed by atoms with van der Waals surface area (Å²) in [5, 5.41) is 27.6. The van der Waals surface area contributed by atoms with Crippen molar-refractivity contribution in [1.82, 2.24) is 20.9 Å². The number of para-hydroxylation sites is 1. The van der Waals surface area contributed by atoms with Gasteiger partial charge in [0.25, 0.3) is 0 Å². The average Bonchev–Trinajstić information content (AvgIpc) is 3.38. The molecule has 13 heteroatoms. The third kappa shape index (κ3) is 9.23. The van der Waals surface area contributed by atoms with Gasteiger partial charge in [0.15, 0.2) is 0 Å². The SMILES string of the molecule is NCCCCC(NC(=O)C(N)Cc1ccc(O)cc1)C(=O)NC(Cc1c[nH]c2ccccc12)C(=O)NC(CS)C(=O)O. The van der Waals surface area contributed by atoms with Crippen LogP contribution in [-0.2, 0) is 32.0 Å². The van der Waals surface area contributed by atoms with E-state index in [1.54, 1.807) is 18.3 Å². The van der Waals surface area contributed by atoms with Gasteiger partial charge >= 0.3 is 5.97 Å². The third-order valence-electron chi connectivity index (χ3n) is 6.84. The smallest absolute Gasteiger partial charge is 0.327 e. The van der Waals surface area contributed by atoms with Crippen molar-refractivity contribution in [2.75, 3.05) is 12.3 Å². The fourth-order valence-corrected chi connectivity index (χ4v) is 4.73. The normalized spacial score (nSPS) is 14.0. The molecule has 3 aromatic rings. The largest absolute Gasteiger partial charge is 0.508 e. The summed E-state index contributed by atoms with van der Waals surface area (Å²) >= 11 is 4.01. The Kier molecular flexibility index (Phi) is 12.2. The molecule has 226 valence electrons. The van der Waals surface area contributed by atoms with Crippen LogP contribution in [0, 0.1) is 0 Å². The number of amides is 3. The zero-order chi connectivity index (χ0) is 30.6. The standard InChI is InChI=1S/C29H38N6O6S/c30-12-4-3-7-23(33-26(37)21(31)13-17-8-10-19(36)11-9-17)27(38)34-24(28(39)35-25(16-42)29(40)41)14-18-15-32-22-6-2-1-5-20(18)22/h1-2,5-6,8-11,15,21,23-25,32,36,42H,3-4,7,12-14,16,30-31H2,(H,33,37)(H,34,38)(H,35,39)(H,40,41). The minimum atomic E-state index is -1.26. The molecule has 0 aliphatic heterocycles. The van der Waals surface area contributed by atoms with E-state index < -0.39 is 47.9 Å². The molecule has 1 aromatic heterocycles. The lowest BCUT2D eigenvalue weighted by Crippen LogP contribution is -2.58. The summed E-state index contributed by atoms with van der Waals surface area (Å²) < 4.78 is 0. The van der Waals surface area contributed by atoms with Gasteiger partial charge in [-0.2, -0.15) is 12.6 Å². The number of unbranched alkanes of at least 4 members (excludes halogenated alkanes) is 1. The minimum absolute atomic E-state index is 0.0599. The molecule has 0 fully saturated rings. The van der Waals surface area contributed by atoms with E-state index >= 15 is 0 Å². The Bertz CT molecular complexity index is 1360. The lowest BCUT2D eigenvalue weighted by Gasteiger charge is -2.25. The zero-order valence-corrected chi connectivity index (χ0v) is 24.0. The third-order valence-corrected chi connectivity index (χ3v) is 7.20. The number of phenolic OH excluding ortho intramolecular Hbond substituents is 1. The number of carbonyl (C=O) groups excluding carboxylic acids is 3. The number of aliphatic carboxylic acids is 1. The van der Waals surface area contributed by atoms with E-state index in [1.165, 1.54) is 12.1 Å². The second kappa shape index (κ2) is 15.8. The number of thiol groups is 1. The van der Waals surface area contributed by atoms with Gasteiger partial charge in [-0.3, -0.25) is 14.4 Å². The summed E-state index contributed by atoms with van der Waals surface area (Å²) in [6, 6.07) is 9.32. The first kappa shape index (κ1) is 32.4. The first-order chi connectivity index (χ1) is 20.1. The molecule has 0 radical (unpaired) electrons. The molecule has 12 nitrogen and oxygen atoms in total. The van der Waals surface area contributed by atoms with E-state index in [9.17, 15) is 29.4 Å².